The van der Waals surface area contributed by atoms with E-state index in [9.17, 15) is 0 Å². The summed E-state index contributed by atoms with van der Waals surface area (Å²) in [5.74, 6) is 0.650. The molecule has 1 N–H and O–H groups in total. The van der Waals surface area contributed by atoms with E-state index in [0.29, 0.717) is 10.9 Å². The average Bonchev–Trinajstić information content (AvgIpc) is 2.39. The monoisotopic (exact) mass is 199 g/mol. The van der Waals surface area contributed by atoms with Crippen molar-refractivity contribution in [2.45, 2.75) is 6.92 Å². The molecule has 5 heteroatoms. The van der Waals surface area contributed by atoms with Gasteiger partial charge in [-0.15, -0.1) is 11.8 Å². The summed E-state index contributed by atoms with van der Waals surface area (Å²) in [5.41, 5.74) is 1.62. The van der Waals surface area contributed by atoms with Crippen LogP contribution in [0.4, 0.5) is 0 Å². The summed E-state index contributed by atoms with van der Waals surface area (Å²) < 4.78 is 6.81. The Bertz CT molecular complexity index is 332. The molecule has 0 spiro atoms. The number of nitrogens with zero attached hydrogens (tertiary/aromatic N) is 2. The zero-order chi connectivity index (χ0) is 10.0. The maximum Gasteiger partial charge on any atom is 0.221 e. The zero-order valence-corrected chi connectivity index (χ0v) is 9.03. The Morgan fingerprint density at radius 3 is 2.69 bits per heavy atom. The lowest BCUT2D eigenvalue weighted by atomic mass is 10.3. The minimum absolute atomic E-state index is 0.488. The molecule has 0 aliphatic rings. The molecule has 1 rings (SSSR count). The van der Waals surface area contributed by atoms with E-state index in [1.807, 2.05) is 20.2 Å². The number of nitrogens with one attached hydrogen (secondary N) is 1. The van der Waals surface area contributed by atoms with Crippen molar-refractivity contribution in [3.63, 3.8) is 0 Å². The smallest absolute Gasteiger partial charge is 0.221 e. The number of rotatable bonds is 2. The summed E-state index contributed by atoms with van der Waals surface area (Å²) in [6.07, 6.45) is 1.87. The number of aryl methyl sites for hydroxylation is 2. The lowest BCUT2D eigenvalue weighted by Crippen LogP contribution is -1.99. The van der Waals surface area contributed by atoms with Crippen molar-refractivity contribution in [1.29, 1.82) is 5.41 Å². The second kappa shape index (κ2) is 3.83. The summed E-state index contributed by atoms with van der Waals surface area (Å²) in [6.45, 7) is 1.88. The van der Waals surface area contributed by atoms with Crippen molar-refractivity contribution in [2.24, 2.45) is 7.05 Å². The molecule has 0 saturated heterocycles. The van der Waals surface area contributed by atoms with Crippen LogP contribution in [0.25, 0.3) is 0 Å². The van der Waals surface area contributed by atoms with E-state index in [0.717, 1.165) is 11.3 Å². The highest BCUT2D eigenvalue weighted by Gasteiger charge is 2.17. The summed E-state index contributed by atoms with van der Waals surface area (Å²) in [6, 6.07) is 0. The fourth-order valence-corrected chi connectivity index (χ4v) is 1.67. The normalized spacial score (nSPS) is 10.2. The van der Waals surface area contributed by atoms with Crippen LogP contribution in [0.3, 0.4) is 0 Å². The molecule has 0 atom stereocenters. The molecule has 0 aliphatic heterocycles. The van der Waals surface area contributed by atoms with Crippen LogP contribution in [-0.2, 0) is 7.05 Å². The van der Waals surface area contributed by atoms with Gasteiger partial charge in [0.05, 0.1) is 18.4 Å². The highest BCUT2D eigenvalue weighted by Crippen LogP contribution is 2.24. The molecule has 72 valence electrons. The summed E-state index contributed by atoms with van der Waals surface area (Å²) in [7, 11) is 3.40. The number of methoxy groups -OCH3 is 1. The molecule has 0 aliphatic carbocycles. The van der Waals surface area contributed by atoms with E-state index in [1.165, 1.54) is 11.8 Å². The van der Waals surface area contributed by atoms with Crippen molar-refractivity contribution in [3.05, 3.63) is 11.3 Å². The second-order valence-electron chi connectivity index (χ2n) is 2.63. The van der Waals surface area contributed by atoms with Crippen molar-refractivity contribution < 1.29 is 4.74 Å². The molecule has 13 heavy (non-hydrogen) atoms. The largest absolute Gasteiger partial charge is 0.481 e. The minimum Gasteiger partial charge on any atom is -0.481 e. The van der Waals surface area contributed by atoms with E-state index in [1.54, 1.807) is 11.8 Å². The predicted octanol–water partition coefficient (Wildman–Crippen LogP) is 1.43. The molecule has 0 fully saturated rings. The summed E-state index contributed by atoms with van der Waals surface area (Å²) >= 11 is 1.38. The van der Waals surface area contributed by atoms with Crippen LogP contribution in [0.1, 0.15) is 11.3 Å². The Balaban J connectivity index is 3.24. The van der Waals surface area contributed by atoms with Gasteiger partial charge in [-0.1, -0.05) is 0 Å². The van der Waals surface area contributed by atoms with Gasteiger partial charge in [-0.3, -0.25) is 5.41 Å². The van der Waals surface area contributed by atoms with Crippen molar-refractivity contribution in [1.82, 2.24) is 9.78 Å². The van der Waals surface area contributed by atoms with E-state index in [2.05, 4.69) is 5.10 Å². The lowest BCUT2D eigenvalue weighted by Gasteiger charge is -2.03. The second-order valence-corrected chi connectivity index (χ2v) is 3.44. The first-order chi connectivity index (χ1) is 6.11. The van der Waals surface area contributed by atoms with Gasteiger partial charge < -0.3 is 4.74 Å². The predicted molar refractivity (Wildman–Crippen MR) is 54.8 cm³/mol. The Labute approximate surface area is 81.8 Å². The first-order valence-electron chi connectivity index (χ1n) is 3.82. The van der Waals surface area contributed by atoms with Gasteiger partial charge in [-0.25, -0.2) is 4.68 Å². The number of hydrogen-bond donors (Lipinski definition) is 1. The summed E-state index contributed by atoms with van der Waals surface area (Å²) in [4.78, 5) is 0. The Hall–Kier alpha value is -0.970. The van der Waals surface area contributed by atoms with Gasteiger partial charge in [0, 0.05) is 7.05 Å². The van der Waals surface area contributed by atoms with Gasteiger partial charge in [0.1, 0.15) is 5.04 Å². The van der Waals surface area contributed by atoms with E-state index in [4.69, 9.17) is 10.1 Å². The standard InChI is InChI=1S/C8H13N3OS/c1-5-6(7(9)13-4)8(12-3)11(2)10-5/h9H,1-4H3. The van der Waals surface area contributed by atoms with Crippen molar-refractivity contribution >= 4 is 16.8 Å². The summed E-state index contributed by atoms with van der Waals surface area (Å²) in [5, 5.41) is 12.4. The third-order valence-electron chi connectivity index (χ3n) is 1.79. The first kappa shape index (κ1) is 10.1. The number of aromatic nitrogens is 2. The molecule has 0 amide bonds. The van der Waals surface area contributed by atoms with Crippen molar-refractivity contribution in [3.8, 4) is 5.88 Å². The SMILES string of the molecule is COc1c(C(=N)SC)c(C)nn1C. The Morgan fingerprint density at radius 2 is 2.23 bits per heavy atom. The molecule has 0 bridgehead atoms. The average molecular weight is 199 g/mol. The molecule has 1 heterocycles. The number of thioether (sulfide) groups is 1. The van der Waals surface area contributed by atoms with Gasteiger partial charge in [0.2, 0.25) is 5.88 Å². The van der Waals surface area contributed by atoms with Crippen LogP contribution >= 0.6 is 11.8 Å². The molecule has 0 aromatic carbocycles. The number of hydrogen-bond acceptors (Lipinski definition) is 4. The highest BCUT2D eigenvalue weighted by molar-refractivity contribution is 8.13. The van der Waals surface area contributed by atoms with Gasteiger partial charge in [-0.2, -0.15) is 5.10 Å². The van der Waals surface area contributed by atoms with Crippen LogP contribution in [0.2, 0.25) is 0 Å². The molecular formula is C8H13N3OS. The molecule has 1 aromatic rings. The Morgan fingerprint density at radius 1 is 1.62 bits per heavy atom. The molecule has 1 aromatic heterocycles. The zero-order valence-electron chi connectivity index (χ0n) is 8.21. The molecule has 0 unspecified atom stereocenters. The van der Waals surface area contributed by atoms with E-state index in [-0.39, 0.29) is 0 Å². The fourth-order valence-electron chi connectivity index (χ4n) is 1.23. The van der Waals surface area contributed by atoms with Crippen LogP contribution in [0, 0.1) is 12.3 Å². The van der Waals surface area contributed by atoms with Crippen molar-refractivity contribution in [2.75, 3.05) is 13.4 Å². The quantitative estimate of drug-likeness (QED) is 0.579. The number of ether oxygens (including phenoxy) is 1. The molecule has 0 radical (unpaired) electrons. The van der Waals surface area contributed by atoms with Crippen LogP contribution in [0.5, 0.6) is 5.88 Å². The molecular weight excluding hydrogens is 186 g/mol. The van der Waals surface area contributed by atoms with Gasteiger partial charge in [0.25, 0.3) is 0 Å². The van der Waals surface area contributed by atoms with Gasteiger partial charge >= 0.3 is 0 Å². The lowest BCUT2D eigenvalue weighted by molar-refractivity contribution is 0.373. The maximum absolute atomic E-state index is 7.71. The first-order valence-corrected chi connectivity index (χ1v) is 5.04. The topological polar surface area (TPSA) is 50.9 Å². The van der Waals surface area contributed by atoms with Gasteiger partial charge in [0.15, 0.2) is 0 Å². The van der Waals surface area contributed by atoms with Crippen LogP contribution in [-0.4, -0.2) is 28.2 Å². The Kier molecular flexibility index (Phi) is 2.98. The third-order valence-corrected chi connectivity index (χ3v) is 2.41. The fraction of sp³-hybridized carbons (Fsp3) is 0.500. The minimum atomic E-state index is 0.488. The third kappa shape index (κ3) is 1.70. The molecule has 4 nitrogen and oxygen atoms in total. The van der Waals surface area contributed by atoms with E-state index >= 15 is 0 Å². The van der Waals surface area contributed by atoms with Crippen LogP contribution in [0.15, 0.2) is 0 Å². The maximum atomic E-state index is 7.71. The van der Waals surface area contributed by atoms with Gasteiger partial charge in [-0.05, 0) is 13.2 Å². The van der Waals surface area contributed by atoms with E-state index < -0.39 is 0 Å². The molecule has 0 saturated carbocycles. The highest BCUT2D eigenvalue weighted by atomic mass is 32.2. The van der Waals surface area contributed by atoms with Crippen LogP contribution < -0.4 is 4.74 Å².